The second-order valence-corrected chi connectivity index (χ2v) is 3.59. The predicted molar refractivity (Wildman–Crippen MR) is 54.3 cm³/mol. The molecule has 14 heavy (non-hydrogen) atoms. The number of carbonyl (C=O) groups is 1. The number of rotatable bonds is 2. The molecule has 0 aliphatic carbocycles. The topological polar surface area (TPSA) is 39.2 Å². The molecule has 0 amide bonds. The number of aromatic nitrogens is 1. The standard InChI is InChI=1S/C11H15NO2/c1-7(2)14-11(13)10-6-12-9(4)5-8(10)3/h5-7H,1-4H3. The van der Waals surface area contributed by atoms with Crippen LogP contribution in [0.15, 0.2) is 12.3 Å². The highest BCUT2D eigenvalue weighted by Gasteiger charge is 2.12. The Kier molecular flexibility index (Phi) is 3.23. The first-order valence-electron chi connectivity index (χ1n) is 4.65. The third-order valence-corrected chi connectivity index (χ3v) is 1.81. The summed E-state index contributed by atoms with van der Waals surface area (Å²) in [6, 6.07) is 1.87. The average molecular weight is 193 g/mol. The van der Waals surface area contributed by atoms with Crippen LogP contribution >= 0.6 is 0 Å². The smallest absolute Gasteiger partial charge is 0.340 e. The summed E-state index contributed by atoms with van der Waals surface area (Å²) >= 11 is 0. The number of carbonyl (C=O) groups excluding carboxylic acids is 1. The number of hydrogen-bond donors (Lipinski definition) is 0. The SMILES string of the molecule is Cc1cc(C)c(C(=O)OC(C)C)cn1. The van der Waals surface area contributed by atoms with Crippen molar-refractivity contribution >= 4 is 5.97 Å². The van der Waals surface area contributed by atoms with Crippen LogP contribution < -0.4 is 0 Å². The fourth-order valence-electron chi connectivity index (χ4n) is 1.19. The first-order chi connectivity index (χ1) is 6.50. The minimum atomic E-state index is -0.301. The van der Waals surface area contributed by atoms with E-state index in [-0.39, 0.29) is 12.1 Å². The van der Waals surface area contributed by atoms with Gasteiger partial charge in [-0.05, 0) is 39.3 Å². The first-order valence-corrected chi connectivity index (χ1v) is 4.65. The van der Waals surface area contributed by atoms with Crippen LogP contribution in [0.25, 0.3) is 0 Å². The van der Waals surface area contributed by atoms with Crippen molar-refractivity contribution in [3.63, 3.8) is 0 Å². The van der Waals surface area contributed by atoms with Crippen LogP contribution in [0, 0.1) is 13.8 Å². The summed E-state index contributed by atoms with van der Waals surface area (Å²) < 4.78 is 5.08. The fourth-order valence-corrected chi connectivity index (χ4v) is 1.19. The summed E-state index contributed by atoms with van der Waals surface area (Å²) in [5.41, 5.74) is 2.36. The van der Waals surface area contributed by atoms with Gasteiger partial charge in [0.15, 0.2) is 0 Å². The zero-order chi connectivity index (χ0) is 10.7. The Morgan fingerprint density at radius 1 is 1.43 bits per heavy atom. The third kappa shape index (κ3) is 2.55. The molecule has 1 rings (SSSR count). The summed E-state index contributed by atoms with van der Waals surface area (Å²) in [6.07, 6.45) is 1.47. The molecule has 0 radical (unpaired) electrons. The van der Waals surface area contributed by atoms with Crippen molar-refractivity contribution in [3.8, 4) is 0 Å². The van der Waals surface area contributed by atoms with Gasteiger partial charge in [0.2, 0.25) is 0 Å². The van der Waals surface area contributed by atoms with E-state index < -0.39 is 0 Å². The highest BCUT2D eigenvalue weighted by molar-refractivity contribution is 5.90. The minimum absolute atomic E-state index is 0.0943. The molecule has 0 spiro atoms. The lowest BCUT2D eigenvalue weighted by Crippen LogP contribution is -2.13. The van der Waals surface area contributed by atoms with Crippen LogP contribution in [0.2, 0.25) is 0 Å². The maximum absolute atomic E-state index is 11.5. The van der Waals surface area contributed by atoms with Crippen LogP contribution in [-0.4, -0.2) is 17.1 Å². The number of esters is 1. The number of aryl methyl sites for hydroxylation is 2. The van der Waals surface area contributed by atoms with Gasteiger partial charge in [-0.15, -0.1) is 0 Å². The van der Waals surface area contributed by atoms with Crippen LogP contribution in [-0.2, 0) is 4.74 Å². The highest BCUT2D eigenvalue weighted by atomic mass is 16.5. The number of nitrogens with zero attached hydrogens (tertiary/aromatic N) is 1. The van der Waals surface area contributed by atoms with Gasteiger partial charge in [-0.1, -0.05) is 0 Å². The van der Waals surface area contributed by atoms with E-state index in [0.29, 0.717) is 5.56 Å². The third-order valence-electron chi connectivity index (χ3n) is 1.81. The van der Waals surface area contributed by atoms with Gasteiger partial charge in [-0.3, -0.25) is 4.98 Å². The molecule has 0 atom stereocenters. The minimum Gasteiger partial charge on any atom is -0.459 e. The second-order valence-electron chi connectivity index (χ2n) is 3.59. The van der Waals surface area contributed by atoms with Crippen molar-refractivity contribution in [3.05, 3.63) is 29.1 Å². The molecule has 1 heterocycles. The molecule has 3 heteroatoms. The van der Waals surface area contributed by atoms with Gasteiger partial charge >= 0.3 is 5.97 Å². The molecule has 0 aliphatic heterocycles. The van der Waals surface area contributed by atoms with E-state index in [1.54, 1.807) is 6.20 Å². The first kappa shape index (κ1) is 10.7. The summed E-state index contributed by atoms with van der Waals surface area (Å²) in [7, 11) is 0. The molecule has 0 aliphatic rings. The molecule has 76 valence electrons. The van der Waals surface area contributed by atoms with Gasteiger partial charge in [-0.2, -0.15) is 0 Å². The van der Waals surface area contributed by atoms with E-state index in [1.807, 2.05) is 33.8 Å². The zero-order valence-electron chi connectivity index (χ0n) is 9.00. The Hall–Kier alpha value is -1.38. The molecule has 0 saturated carbocycles. The Morgan fingerprint density at radius 3 is 2.57 bits per heavy atom. The summed E-state index contributed by atoms with van der Waals surface area (Å²) in [4.78, 5) is 15.6. The van der Waals surface area contributed by atoms with Crippen molar-refractivity contribution < 1.29 is 9.53 Å². The second kappa shape index (κ2) is 4.22. The molecule has 0 fully saturated rings. The van der Waals surface area contributed by atoms with Crippen LogP contribution in [0.3, 0.4) is 0 Å². The summed E-state index contributed by atoms with van der Waals surface area (Å²) in [5.74, 6) is -0.301. The van der Waals surface area contributed by atoms with Crippen LogP contribution in [0.1, 0.15) is 35.5 Å². The lowest BCUT2D eigenvalue weighted by atomic mass is 10.1. The molecule has 0 aromatic carbocycles. The zero-order valence-corrected chi connectivity index (χ0v) is 9.00. The largest absolute Gasteiger partial charge is 0.459 e. The molecule has 0 N–H and O–H groups in total. The van der Waals surface area contributed by atoms with Crippen LogP contribution in [0.4, 0.5) is 0 Å². The van der Waals surface area contributed by atoms with E-state index in [2.05, 4.69) is 4.98 Å². The Balaban J connectivity index is 2.90. The van der Waals surface area contributed by atoms with Crippen molar-refractivity contribution in [1.82, 2.24) is 4.98 Å². The fraction of sp³-hybridized carbons (Fsp3) is 0.455. The van der Waals surface area contributed by atoms with Gasteiger partial charge in [0, 0.05) is 11.9 Å². The molecule has 1 aromatic rings. The summed E-state index contributed by atoms with van der Waals surface area (Å²) in [6.45, 7) is 7.43. The van der Waals surface area contributed by atoms with Gasteiger partial charge in [0.25, 0.3) is 0 Å². The Labute approximate surface area is 84.1 Å². The van der Waals surface area contributed by atoms with Gasteiger partial charge in [-0.25, -0.2) is 4.79 Å². The highest BCUT2D eigenvalue weighted by Crippen LogP contribution is 2.10. The van der Waals surface area contributed by atoms with E-state index >= 15 is 0 Å². The Morgan fingerprint density at radius 2 is 2.07 bits per heavy atom. The van der Waals surface area contributed by atoms with Crippen molar-refractivity contribution in [2.75, 3.05) is 0 Å². The monoisotopic (exact) mass is 193 g/mol. The molecule has 0 saturated heterocycles. The maximum atomic E-state index is 11.5. The van der Waals surface area contributed by atoms with Crippen molar-refractivity contribution in [2.24, 2.45) is 0 Å². The molecule has 0 unspecified atom stereocenters. The van der Waals surface area contributed by atoms with Gasteiger partial charge in [0.1, 0.15) is 0 Å². The quantitative estimate of drug-likeness (QED) is 0.676. The summed E-state index contributed by atoms with van der Waals surface area (Å²) in [5, 5.41) is 0. The normalized spacial score (nSPS) is 10.4. The van der Waals surface area contributed by atoms with Gasteiger partial charge < -0.3 is 4.74 Å². The van der Waals surface area contributed by atoms with E-state index in [0.717, 1.165) is 11.3 Å². The number of pyridine rings is 1. The molecule has 0 bridgehead atoms. The lowest BCUT2D eigenvalue weighted by Gasteiger charge is -2.09. The Bertz CT molecular complexity index is 345. The van der Waals surface area contributed by atoms with E-state index in [4.69, 9.17) is 4.74 Å². The maximum Gasteiger partial charge on any atom is 0.340 e. The molecule has 1 aromatic heterocycles. The van der Waals surface area contributed by atoms with Crippen molar-refractivity contribution in [1.29, 1.82) is 0 Å². The van der Waals surface area contributed by atoms with E-state index in [9.17, 15) is 4.79 Å². The van der Waals surface area contributed by atoms with E-state index in [1.165, 1.54) is 0 Å². The predicted octanol–water partition coefficient (Wildman–Crippen LogP) is 2.26. The lowest BCUT2D eigenvalue weighted by molar-refractivity contribution is 0.0376. The van der Waals surface area contributed by atoms with Crippen molar-refractivity contribution in [2.45, 2.75) is 33.8 Å². The number of hydrogen-bond acceptors (Lipinski definition) is 3. The molecular formula is C11H15NO2. The average Bonchev–Trinajstić information content (AvgIpc) is 2.01. The number of ether oxygens (including phenoxy) is 1. The van der Waals surface area contributed by atoms with Crippen LogP contribution in [0.5, 0.6) is 0 Å². The van der Waals surface area contributed by atoms with Gasteiger partial charge in [0.05, 0.1) is 11.7 Å². The molecular weight excluding hydrogens is 178 g/mol. The molecule has 3 nitrogen and oxygen atoms in total.